The van der Waals surface area contributed by atoms with Gasteiger partial charge in [0.15, 0.2) is 0 Å². The molecule has 0 spiro atoms. The van der Waals surface area contributed by atoms with Crippen LogP contribution >= 0.6 is 15.9 Å². The molecule has 1 heterocycles. The number of urea groups is 1. The van der Waals surface area contributed by atoms with Gasteiger partial charge in [-0.1, -0.05) is 23.8 Å². The van der Waals surface area contributed by atoms with E-state index in [0.717, 1.165) is 5.56 Å². The van der Waals surface area contributed by atoms with E-state index in [1.54, 1.807) is 25.1 Å². The number of halogens is 1. The molecule has 2 aromatic carbocycles. The van der Waals surface area contributed by atoms with Gasteiger partial charge < -0.3 is 16.0 Å². The molecule has 2 aromatic rings. The molecule has 3 rings (SSSR count). The van der Waals surface area contributed by atoms with Gasteiger partial charge in [-0.15, -0.1) is 0 Å². The van der Waals surface area contributed by atoms with E-state index in [1.807, 2.05) is 19.1 Å². The summed E-state index contributed by atoms with van der Waals surface area (Å²) in [6.45, 7) is 3.55. The monoisotopic (exact) mass is 444 g/mol. The summed E-state index contributed by atoms with van der Waals surface area (Å²) >= 11 is 3.14. The lowest BCUT2D eigenvalue weighted by molar-refractivity contribution is -0.385. The second-order valence-corrected chi connectivity index (χ2v) is 7.21. The number of carbonyl (C=O) groups is 2. The maximum absolute atomic E-state index is 12.9. The van der Waals surface area contributed by atoms with Gasteiger partial charge in [-0.05, 0) is 53.5 Å². The third kappa shape index (κ3) is 4.04. The maximum atomic E-state index is 12.9. The molecule has 0 saturated carbocycles. The number of hydrogen-bond donors (Lipinski definition) is 3. The third-order valence-corrected chi connectivity index (χ3v) is 4.99. The summed E-state index contributed by atoms with van der Waals surface area (Å²) in [6.07, 6.45) is 0. The van der Waals surface area contributed by atoms with Gasteiger partial charge in [-0.25, -0.2) is 4.79 Å². The largest absolute Gasteiger partial charge is 0.327 e. The van der Waals surface area contributed by atoms with E-state index in [2.05, 4.69) is 31.9 Å². The first-order chi connectivity index (χ1) is 13.3. The fraction of sp³-hybridized carbons (Fsp3) is 0.158. The van der Waals surface area contributed by atoms with Gasteiger partial charge in [0, 0.05) is 17.5 Å². The number of rotatable bonds is 4. The molecule has 8 nitrogen and oxygen atoms in total. The molecule has 0 radical (unpaired) electrons. The number of nitro benzene ring substituents is 1. The zero-order chi connectivity index (χ0) is 20.4. The Morgan fingerprint density at radius 1 is 1.18 bits per heavy atom. The topological polar surface area (TPSA) is 113 Å². The lowest BCUT2D eigenvalue weighted by atomic mass is 9.94. The Balaban J connectivity index is 1.99. The van der Waals surface area contributed by atoms with E-state index in [4.69, 9.17) is 0 Å². The van der Waals surface area contributed by atoms with Gasteiger partial charge in [-0.3, -0.25) is 14.9 Å². The second-order valence-electron chi connectivity index (χ2n) is 6.36. The van der Waals surface area contributed by atoms with Crippen molar-refractivity contribution >= 4 is 39.2 Å². The van der Waals surface area contributed by atoms with Crippen molar-refractivity contribution in [3.63, 3.8) is 0 Å². The summed E-state index contributed by atoms with van der Waals surface area (Å²) in [6, 6.07) is 10.5. The van der Waals surface area contributed by atoms with Gasteiger partial charge in [0.25, 0.3) is 11.6 Å². The molecule has 3 amide bonds. The van der Waals surface area contributed by atoms with Crippen LogP contribution in [-0.2, 0) is 4.79 Å². The highest BCUT2D eigenvalue weighted by Crippen LogP contribution is 2.33. The Labute approximate surface area is 169 Å². The summed E-state index contributed by atoms with van der Waals surface area (Å²) in [5.41, 5.74) is 2.59. The van der Waals surface area contributed by atoms with Crippen molar-refractivity contribution in [3.8, 4) is 0 Å². The number of benzene rings is 2. The van der Waals surface area contributed by atoms with Crippen molar-refractivity contribution in [3.05, 3.63) is 79.4 Å². The molecular formula is C19H17BrN4O4. The zero-order valence-electron chi connectivity index (χ0n) is 15.1. The third-order valence-electron chi connectivity index (χ3n) is 4.32. The number of nitrogens with zero attached hydrogens (tertiary/aromatic N) is 1. The molecule has 9 heteroatoms. The van der Waals surface area contributed by atoms with Crippen molar-refractivity contribution in [2.24, 2.45) is 0 Å². The van der Waals surface area contributed by atoms with Gasteiger partial charge in [-0.2, -0.15) is 0 Å². The van der Waals surface area contributed by atoms with E-state index >= 15 is 0 Å². The first kappa shape index (κ1) is 19.6. The minimum absolute atomic E-state index is 0.152. The summed E-state index contributed by atoms with van der Waals surface area (Å²) in [5.74, 6) is -0.413. The van der Waals surface area contributed by atoms with Crippen molar-refractivity contribution in [2.45, 2.75) is 19.9 Å². The van der Waals surface area contributed by atoms with Gasteiger partial charge in [0.2, 0.25) is 0 Å². The first-order valence-corrected chi connectivity index (χ1v) is 9.15. The van der Waals surface area contributed by atoms with Crippen LogP contribution in [0.5, 0.6) is 0 Å². The Hall–Kier alpha value is -3.20. The van der Waals surface area contributed by atoms with E-state index in [9.17, 15) is 19.7 Å². The molecule has 0 fully saturated rings. The van der Waals surface area contributed by atoms with Gasteiger partial charge in [0.1, 0.15) is 0 Å². The fourth-order valence-corrected chi connectivity index (χ4v) is 3.32. The van der Waals surface area contributed by atoms with Crippen LogP contribution in [0.3, 0.4) is 0 Å². The minimum atomic E-state index is -0.828. The number of carbonyl (C=O) groups excluding carboxylic acids is 2. The Morgan fingerprint density at radius 3 is 2.50 bits per heavy atom. The van der Waals surface area contributed by atoms with Gasteiger partial charge >= 0.3 is 6.03 Å². The predicted octanol–water partition coefficient (Wildman–Crippen LogP) is 3.93. The molecule has 28 heavy (non-hydrogen) atoms. The van der Waals surface area contributed by atoms with Crippen LogP contribution in [0.15, 0.2) is 58.2 Å². The molecule has 0 aromatic heterocycles. The number of aryl methyl sites for hydroxylation is 1. The average Bonchev–Trinajstić information content (AvgIpc) is 2.63. The highest BCUT2D eigenvalue weighted by molar-refractivity contribution is 9.10. The molecule has 3 N–H and O–H groups in total. The Kier molecular flexibility index (Phi) is 5.46. The molecule has 0 bridgehead atoms. The first-order valence-electron chi connectivity index (χ1n) is 8.36. The van der Waals surface area contributed by atoms with Crippen LogP contribution < -0.4 is 16.0 Å². The molecule has 0 aliphatic carbocycles. The van der Waals surface area contributed by atoms with Crippen molar-refractivity contribution in [2.75, 3.05) is 5.32 Å². The minimum Gasteiger partial charge on any atom is -0.327 e. The number of hydrogen-bond acceptors (Lipinski definition) is 4. The average molecular weight is 445 g/mol. The Morgan fingerprint density at radius 2 is 1.86 bits per heavy atom. The van der Waals surface area contributed by atoms with Crippen LogP contribution in [0.25, 0.3) is 0 Å². The van der Waals surface area contributed by atoms with Crippen LogP contribution in [-0.4, -0.2) is 16.9 Å². The highest BCUT2D eigenvalue weighted by atomic mass is 79.9. The lowest BCUT2D eigenvalue weighted by Crippen LogP contribution is -2.46. The number of anilines is 1. The van der Waals surface area contributed by atoms with Crippen molar-refractivity contribution in [1.29, 1.82) is 0 Å². The fourth-order valence-electron chi connectivity index (χ4n) is 2.93. The van der Waals surface area contributed by atoms with Crippen LogP contribution in [0.1, 0.15) is 24.1 Å². The van der Waals surface area contributed by atoms with E-state index in [1.165, 1.54) is 12.1 Å². The zero-order valence-corrected chi connectivity index (χ0v) is 16.7. The summed E-state index contributed by atoms with van der Waals surface area (Å²) in [4.78, 5) is 35.6. The van der Waals surface area contributed by atoms with E-state index < -0.39 is 22.9 Å². The molecule has 144 valence electrons. The van der Waals surface area contributed by atoms with Crippen LogP contribution in [0, 0.1) is 17.0 Å². The summed E-state index contributed by atoms with van der Waals surface area (Å²) in [5, 5.41) is 19.3. The smallest absolute Gasteiger partial charge is 0.319 e. The summed E-state index contributed by atoms with van der Waals surface area (Å²) in [7, 11) is 0. The van der Waals surface area contributed by atoms with Crippen molar-refractivity contribution in [1.82, 2.24) is 10.6 Å². The summed E-state index contributed by atoms with van der Waals surface area (Å²) < 4.78 is 0.313. The maximum Gasteiger partial charge on any atom is 0.319 e. The SMILES string of the molecule is CC1=C(C(=O)Nc2ccc(C)cc2)[C@@H](c2ccc(Br)c([N+](=O)[O-])c2)NC(=O)N1. The number of nitro groups is 1. The van der Waals surface area contributed by atoms with E-state index in [-0.39, 0.29) is 11.3 Å². The predicted molar refractivity (Wildman–Crippen MR) is 108 cm³/mol. The molecule has 1 aliphatic heterocycles. The Bertz CT molecular complexity index is 1000. The molecule has 1 aliphatic rings. The molecule has 0 saturated heterocycles. The van der Waals surface area contributed by atoms with Gasteiger partial charge in [0.05, 0.1) is 21.0 Å². The number of allylic oxidation sites excluding steroid dienone is 1. The van der Waals surface area contributed by atoms with E-state index in [0.29, 0.717) is 21.4 Å². The van der Waals surface area contributed by atoms with Crippen LogP contribution in [0.4, 0.5) is 16.2 Å². The normalized spacial score (nSPS) is 16.2. The number of amides is 3. The highest BCUT2D eigenvalue weighted by Gasteiger charge is 2.32. The molecule has 0 unspecified atom stereocenters. The number of nitrogens with one attached hydrogen (secondary N) is 3. The molecular weight excluding hydrogens is 428 g/mol. The standard InChI is InChI=1S/C19H17BrN4O4/c1-10-3-6-13(7-4-10)22-18(25)16-11(2)21-19(26)23-17(16)12-5-8-14(20)15(9-12)24(27)28/h3-9,17H,1-2H3,(H,22,25)(H2,21,23,26)/t17-/m1/s1. The lowest BCUT2D eigenvalue weighted by Gasteiger charge is -2.28. The van der Waals surface area contributed by atoms with Crippen LogP contribution in [0.2, 0.25) is 0 Å². The molecule has 1 atom stereocenters. The quantitative estimate of drug-likeness (QED) is 0.489. The van der Waals surface area contributed by atoms with Crippen molar-refractivity contribution < 1.29 is 14.5 Å². The second kappa shape index (κ2) is 7.81.